The third-order valence-corrected chi connectivity index (χ3v) is 7.17. The molecule has 0 spiro atoms. The van der Waals surface area contributed by atoms with Crippen molar-refractivity contribution in [3.05, 3.63) is 124 Å². The standard InChI is InChI=1S/C27H19BrN2OS/c28-22-12-6-4-10-20(22)17-29-27(31)19-14-15-25-23(16-19)30-26(18-8-2-1-3-9-18)21-11-5-7-13-24(21)32-25/h1-16H,17H2,(H,29,31). The molecule has 0 aromatic heterocycles. The first-order valence-corrected chi connectivity index (χ1v) is 11.9. The minimum Gasteiger partial charge on any atom is -0.348 e. The second-order valence-corrected chi connectivity index (χ2v) is 9.32. The summed E-state index contributed by atoms with van der Waals surface area (Å²) in [5.41, 5.74) is 5.50. The first kappa shape index (κ1) is 20.7. The molecule has 5 rings (SSSR count). The SMILES string of the molecule is O=C(NCc1ccccc1Br)c1ccc2c(c1)N=C(c1ccccc1)c1ccccc1S2. The predicted octanol–water partition coefficient (Wildman–Crippen LogP) is 7.01. The molecule has 1 aliphatic rings. The Kier molecular flexibility index (Phi) is 5.93. The number of benzene rings is 4. The minimum atomic E-state index is -0.119. The Morgan fingerprint density at radius 2 is 1.59 bits per heavy atom. The maximum atomic E-state index is 12.9. The average Bonchev–Trinajstić information content (AvgIpc) is 3.00. The first-order valence-electron chi connectivity index (χ1n) is 10.3. The van der Waals surface area contributed by atoms with Gasteiger partial charge in [-0.1, -0.05) is 94.4 Å². The molecule has 0 bridgehead atoms. The molecule has 0 saturated heterocycles. The Balaban J connectivity index is 1.50. The largest absolute Gasteiger partial charge is 0.348 e. The van der Waals surface area contributed by atoms with Gasteiger partial charge in [-0.15, -0.1) is 0 Å². The number of hydrogen-bond donors (Lipinski definition) is 1. The van der Waals surface area contributed by atoms with E-state index in [-0.39, 0.29) is 5.91 Å². The van der Waals surface area contributed by atoms with E-state index in [4.69, 9.17) is 4.99 Å². The smallest absolute Gasteiger partial charge is 0.251 e. The van der Waals surface area contributed by atoms with Crippen LogP contribution in [0.3, 0.4) is 0 Å². The van der Waals surface area contributed by atoms with Crippen molar-refractivity contribution < 1.29 is 4.79 Å². The van der Waals surface area contributed by atoms with Crippen molar-refractivity contribution >= 4 is 45.0 Å². The van der Waals surface area contributed by atoms with Crippen LogP contribution in [0, 0.1) is 0 Å². The third-order valence-electron chi connectivity index (χ3n) is 5.26. The quantitative estimate of drug-likeness (QED) is 0.289. The molecule has 0 aliphatic carbocycles. The monoisotopic (exact) mass is 498 g/mol. The summed E-state index contributed by atoms with van der Waals surface area (Å²) in [5, 5.41) is 3.01. The molecule has 0 radical (unpaired) electrons. The lowest BCUT2D eigenvalue weighted by Crippen LogP contribution is -2.22. The number of carbonyl (C=O) groups excluding carboxylic acids is 1. The van der Waals surface area contributed by atoms with Gasteiger partial charge in [-0.2, -0.15) is 0 Å². The number of nitrogens with one attached hydrogen (secondary N) is 1. The number of nitrogens with zero attached hydrogens (tertiary/aromatic N) is 1. The van der Waals surface area contributed by atoms with Crippen molar-refractivity contribution in [3.63, 3.8) is 0 Å². The topological polar surface area (TPSA) is 41.5 Å². The minimum absolute atomic E-state index is 0.119. The second kappa shape index (κ2) is 9.15. The molecule has 0 fully saturated rings. The average molecular weight is 499 g/mol. The van der Waals surface area contributed by atoms with E-state index in [0.717, 1.165) is 42.4 Å². The van der Waals surface area contributed by atoms with Crippen LogP contribution in [0.4, 0.5) is 5.69 Å². The van der Waals surface area contributed by atoms with Crippen LogP contribution in [0.25, 0.3) is 0 Å². The molecule has 156 valence electrons. The van der Waals surface area contributed by atoms with Gasteiger partial charge in [-0.25, -0.2) is 4.99 Å². The van der Waals surface area contributed by atoms with Crippen LogP contribution in [0.15, 0.2) is 116 Å². The van der Waals surface area contributed by atoms with E-state index in [1.807, 2.05) is 72.8 Å². The van der Waals surface area contributed by atoms with E-state index in [1.54, 1.807) is 11.8 Å². The van der Waals surface area contributed by atoms with Crippen LogP contribution in [0.2, 0.25) is 0 Å². The van der Waals surface area contributed by atoms with Crippen molar-refractivity contribution in [1.29, 1.82) is 0 Å². The fourth-order valence-electron chi connectivity index (χ4n) is 3.62. The van der Waals surface area contributed by atoms with Gasteiger partial charge in [0, 0.05) is 37.5 Å². The summed E-state index contributed by atoms with van der Waals surface area (Å²) in [6.07, 6.45) is 0. The van der Waals surface area contributed by atoms with Gasteiger partial charge in [0.2, 0.25) is 0 Å². The molecule has 1 aliphatic heterocycles. The lowest BCUT2D eigenvalue weighted by Gasteiger charge is -2.09. The molecule has 5 heteroatoms. The molecule has 0 atom stereocenters. The van der Waals surface area contributed by atoms with Crippen LogP contribution >= 0.6 is 27.7 Å². The zero-order valence-corrected chi connectivity index (χ0v) is 19.5. The van der Waals surface area contributed by atoms with Crippen LogP contribution in [0.5, 0.6) is 0 Å². The van der Waals surface area contributed by atoms with E-state index in [9.17, 15) is 4.79 Å². The number of fused-ring (bicyclic) bond motifs is 2. The van der Waals surface area contributed by atoms with Gasteiger partial charge in [-0.05, 0) is 35.9 Å². The van der Waals surface area contributed by atoms with Gasteiger partial charge in [0.25, 0.3) is 5.91 Å². The van der Waals surface area contributed by atoms with Crippen molar-refractivity contribution in [2.75, 3.05) is 0 Å². The molecule has 1 N–H and O–H groups in total. The summed E-state index contributed by atoms with van der Waals surface area (Å²) in [6.45, 7) is 0.454. The zero-order valence-electron chi connectivity index (χ0n) is 17.1. The molecule has 3 nitrogen and oxygen atoms in total. The van der Waals surface area contributed by atoms with Crippen molar-refractivity contribution in [2.24, 2.45) is 4.99 Å². The molecule has 32 heavy (non-hydrogen) atoms. The van der Waals surface area contributed by atoms with E-state index < -0.39 is 0 Å². The molecular formula is C27H19BrN2OS. The highest BCUT2D eigenvalue weighted by molar-refractivity contribution is 9.10. The van der Waals surface area contributed by atoms with Crippen molar-refractivity contribution in [3.8, 4) is 0 Å². The molecule has 4 aromatic rings. The Labute approximate surface area is 199 Å². The summed E-state index contributed by atoms with van der Waals surface area (Å²) < 4.78 is 0.980. The van der Waals surface area contributed by atoms with Gasteiger partial charge in [0.15, 0.2) is 0 Å². The Bertz CT molecular complexity index is 1330. The number of aliphatic imine (C=N–C) groups is 1. The van der Waals surface area contributed by atoms with Crippen LogP contribution in [0.1, 0.15) is 27.0 Å². The van der Waals surface area contributed by atoms with Crippen LogP contribution in [-0.4, -0.2) is 11.6 Å². The molecule has 1 amide bonds. The van der Waals surface area contributed by atoms with E-state index >= 15 is 0 Å². The van der Waals surface area contributed by atoms with Gasteiger partial charge in [-0.3, -0.25) is 4.79 Å². The van der Waals surface area contributed by atoms with Gasteiger partial charge < -0.3 is 5.32 Å². The normalized spacial score (nSPS) is 12.2. The number of hydrogen-bond acceptors (Lipinski definition) is 3. The number of halogens is 1. The molecular weight excluding hydrogens is 480 g/mol. The lowest BCUT2D eigenvalue weighted by molar-refractivity contribution is 0.0951. The summed E-state index contributed by atoms with van der Waals surface area (Å²) in [4.78, 5) is 20.1. The Hall–Kier alpha value is -3.15. The molecule has 0 saturated carbocycles. The maximum Gasteiger partial charge on any atom is 0.251 e. The highest BCUT2D eigenvalue weighted by atomic mass is 79.9. The van der Waals surface area contributed by atoms with Crippen molar-refractivity contribution in [1.82, 2.24) is 5.32 Å². The maximum absolute atomic E-state index is 12.9. The van der Waals surface area contributed by atoms with E-state index in [1.165, 1.54) is 0 Å². The van der Waals surface area contributed by atoms with Gasteiger partial charge >= 0.3 is 0 Å². The van der Waals surface area contributed by atoms with Crippen molar-refractivity contribution in [2.45, 2.75) is 16.3 Å². The van der Waals surface area contributed by atoms with Gasteiger partial charge in [0.1, 0.15) is 0 Å². The fraction of sp³-hybridized carbons (Fsp3) is 0.0370. The lowest BCUT2D eigenvalue weighted by atomic mass is 10.0. The second-order valence-electron chi connectivity index (χ2n) is 7.38. The van der Waals surface area contributed by atoms with Gasteiger partial charge in [0.05, 0.1) is 11.4 Å². The highest BCUT2D eigenvalue weighted by Crippen LogP contribution is 2.41. The summed E-state index contributed by atoms with van der Waals surface area (Å²) >= 11 is 5.21. The van der Waals surface area contributed by atoms with E-state index in [0.29, 0.717) is 12.1 Å². The summed E-state index contributed by atoms with van der Waals surface area (Å²) in [7, 11) is 0. The summed E-state index contributed by atoms with van der Waals surface area (Å²) in [5.74, 6) is -0.119. The first-order chi connectivity index (χ1) is 15.7. The predicted molar refractivity (Wildman–Crippen MR) is 134 cm³/mol. The summed E-state index contributed by atoms with van der Waals surface area (Å²) in [6, 6.07) is 32.1. The zero-order chi connectivity index (χ0) is 21.9. The highest BCUT2D eigenvalue weighted by Gasteiger charge is 2.19. The van der Waals surface area contributed by atoms with E-state index in [2.05, 4.69) is 45.5 Å². The molecule has 1 heterocycles. The van der Waals surface area contributed by atoms with Crippen LogP contribution < -0.4 is 5.32 Å². The van der Waals surface area contributed by atoms with Crippen LogP contribution in [-0.2, 0) is 6.54 Å². The number of carbonyl (C=O) groups is 1. The fourth-order valence-corrected chi connectivity index (χ4v) is 5.05. The Morgan fingerprint density at radius 3 is 2.44 bits per heavy atom. The Morgan fingerprint density at radius 1 is 0.844 bits per heavy atom. The third kappa shape index (κ3) is 4.27. The molecule has 4 aromatic carbocycles. The molecule has 0 unspecified atom stereocenters. The number of rotatable bonds is 4. The number of amides is 1.